The Hall–Kier alpha value is -3.73. The molecule has 1 aliphatic heterocycles. The molecule has 3 aromatic carbocycles. The molecule has 0 bridgehead atoms. The number of nitrogens with zero attached hydrogens (tertiary/aromatic N) is 3. The first kappa shape index (κ1) is 22.1. The van der Waals surface area contributed by atoms with E-state index in [0.29, 0.717) is 11.3 Å². The van der Waals surface area contributed by atoms with E-state index in [0.717, 1.165) is 54.6 Å². The van der Waals surface area contributed by atoms with Crippen LogP contribution >= 0.6 is 0 Å². The van der Waals surface area contributed by atoms with E-state index in [-0.39, 0.29) is 18.0 Å². The maximum absolute atomic E-state index is 13.2. The summed E-state index contributed by atoms with van der Waals surface area (Å²) in [4.78, 5) is 28.2. The van der Waals surface area contributed by atoms with Crippen molar-refractivity contribution in [3.05, 3.63) is 100 Å². The molecule has 34 heavy (non-hydrogen) atoms. The zero-order valence-electron chi connectivity index (χ0n) is 19.5. The Kier molecular flexibility index (Phi) is 6.26. The summed E-state index contributed by atoms with van der Waals surface area (Å²) in [5.74, 6) is 0.541. The van der Waals surface area contributed by atoms with Crippen molar-refractivity contribution in [3.8, 4) is 11.3 Å². The molecule has 0 unspecified atom stereocenters. The van der Waals surface area contributed by atoms with Crippen molar-refractivity contribution in [2.45, 2.75) is 32.7 Å². The Morgan fingerprint density at radius 2 is 1.53 bits per heavy atom. The lowest BCUT2D eigenvalue weighted by Gasteiger charge is -2.32. The Labute approximate surface area is 199 Å². The number of fused-ring (bicyclic) bond motifs is 1. The Balaban J connectivity index is 1.35. The number of hydrogen-bond donors (Lipinski definition) is 0. The van der Waals surface area contributed by atoms with Crippen molar-refractivity contribution in [2.75, 3.05) is 13.1 Å². The largest absolute Gasteiger partial charge is 0.341 e. The minimum absolute atomic E-state index is 0.0358. The third-order valence-corrected chi connectivity index (χ3v) is 6.81. The lowest BCUT2D eigenvalue weighted by molar-refractivity contribution is -0.133. The van der Waals surface area contributed by atoms with E-state index < -0.39 is 0 Å². The predicted molar refractivity (Wildman–Crippen MR) is 136 cm³/mol. The summed E-state index contributed by atoms with van der Waals surface area (Å²) in [5, 5.41) is 6.06. The van der Waals surface area contributed by atoms with Gasteiger partial charge in [-0.2, -0.15) is 5.10 Å². The topological polar surface area (TPSA) is 55.2 Å². The number of piperidine rings is 1. The van der Waals surface area contributed by atoms with E-state index in [9.17, 15) is 9.59 Å². The van der Waals surface area contributed by atoms with Gasteiger partial charge >= 0.3 is 0 Å². The summed E-state index contributed by atoms with van der Waals surface area (Å²) in [6, 6.07) is 26.1. The summed E-state index contributed by atoms with van der Waals surface area (Å²) in [6.07, 6.45) is 3.01. The highest BCUT2D eigenvalue weighted by Crippen LogP contribution is 2.25. The van der Waals surface area contributed by atoms with Gasteiger partial charge in [0.25, 0.3) is 5.56 Å². The normalized spacial score (nSPS) is 14.4. The molecule has 0 saturated carbocycles. The van der Waals surface area contributed by atoms with Gasteiger partial charge in [-0.3, -0.25) is 9.59 Å². The summed E-state index contributed by atoms with van der Waals surface area (Å²) in [6.45, 7) is 3.46. The Morgan fingerprint density at radius 1 is 0.882 bits per heavy atom. The first-order valence-corrected chi connectivity index (χ1v) is 12.0. The van der Waals surface area contributed by atoms with Crippen molar-refractivity contribution in [2.24, 2.45) is 5.92 Å². The quantitative estimate of drug-likeness (QED) is 0.436. The molecule has 1 saturated heterocycles. The highest BCUT2D eigenvalue weighted by atomic mass is 16.2. The van der Waals surface area contributed by atoms with Crippen LogP contribution in [-0.2, 0) is 17.8 Å². The van der Waals surface area contributed by atoms with E-state index >= 15 is 0 Å². The van der Waals surface area contributed by atoms with E-state index in [1.165, 1.54) is 10.2 Å². The second kappa shape index (κ2) is 9.64. The molecule has 0 spiro atoms. The van der Waals surface area contributed by atoms with Crippen LogP contribution < -0.4 is 5.56 Å². The molecule has 0 aliphatic carbocycles. The SMILES string of the molecule is Cc1ccc(-c2nn(CC(=O)N3CCC(Cc4ccccc4)CC3)c(=O)c3ccccc23)cc1. The number of carbonyl (C=O) groups excluding carboxylic acids is 1. The second-order valence-corrected chi connectivity index (χ2v) is 9.24. The van der Waals surface area contributed by atoms with Gasteiger partial charge in [-0.25, -0.2) is 4.68 Å². The number of rotatable bonds is 5. The molecule has 2 heterocycles. The monoisotopic (exact) mass is 451 g/mol. The summed E-state index contributed by atoms with van der Waals surface area (Å²) < 4.78 is 1.34. The summed E-state index contributed by atoms with van der Waals surface area (Å²) >= 11 is 0. The van der Waals surface area contributed by atoms with Gasteiger partial charge in [-0.1, -0.05) is 78.4 Å². The lowest BCUT2D eigenvalue weighted by atomic mass is 9.90. The Bertz CT molecular complexity index is 1350. The molecule has 0 radical (unpaired) electrons. The smallest absolute Gasteiger partial charge is 0.275 e. The number of likely N-dealkylation sites (tertiary alicyclic amines) is 1. The fourth-order valence-electron chi connectivity index (χ4n) is 4.83. The molecule has 172 valence electrons. The maximum atomic E-state index is 13.2. The molecule has 1 aliphatic rings. The van der Waals surface area contributed by atoms with Crippen LogP contribution in [0.1, 0.15) is 24.0 Å². The fourth-order valence-corrected chi connectivity index (χ4v) is 4.83. The zero-order chi connectivity index (χ0) is 23.5. The van der Waals surface area contributed by atoms with Gasteiger partial charge in [0, 0.05) is 24.0 Å². The number of amides is 1. The van der Waals surface area contributed by atoms with Crippen molar-refractivity contribution in [1.82, 2.24) is 14.7 Å². The van der Waals surface area contributed by atoms with Crippen LogP contribution in [0.4, 0.5) is 0 Å². The third kappa shape index (κ3) is 4.65. The van der Waals surface area contributed by atoms with Crippen LogP contribution in [0.5, 0.6) is 0 Å². The zero-order valence-corrected chi connectivity index (χ0v) is 19.5. The highest BCUT2D eigenvalue weighted by molar-refractivity contribution is 5.93. The van der Waals surface area contributed by atoms with Crippen LogP contribution in [-0.4, -0.2) is 33.7 Å². The number of aromatic nitrogens is 2. The van der Waals surface area contributed by atoms with Gasteiger partial charge in [0.05, 0.1) is 11.1 Å². The Morgan fingerprint density at radius 3 is 2.24 bits per heavy atom. The van der Waals surface area contributed by atoms with E-state index in [2.05, 4.69) is 29.4 Å². The molecule has 5 nitrogen and oxygen atoms in total. The molecule has 5 rings (SSSR count). The number of aryl methyl sites for hydroxylation is 1. The standard InChI is InChI=1S/C29H29N3O2/c1-21-11-13-24(14-12-21)28-25-9-5-6-10-26(25)29(34)32(30-28)20-27(33)31-17-15-23(16-18-31)19-22-7-3-2-4-8-22/h2-14,23H,15-20H2,1H3. The van der Waals surface area contributed by atoms with Crippen molar-refractivity contribution < 1.29 is 4.79 Å². The first-order valence-electron chi connectivity index (χ1n) is 12.0. The molecule has 1 amide bonds. The number of hydrogen-bond acceptors (Lipinski definition) is 3. The predicted octanol–water partition coefficient (Wildman–Crippen LogP) is 4.85. The molecule has 0 atom stereocenters. The highest BCUT2D eigenvalue weighted by Gasteiger charge is 2.24. The fraction of sp³-hybridized carbons (Fsp3) is 0.276. The van der Waals surface area contributed by atoms with Gasteiger partial charge in [0.1, 0.15) is 6.54 Å². The van der Waals surface area contributed by atoms with Crippen molar-refractivity contribution in [3.63, 3.8) is 0 Å². The lowest BCUT2D eigenvalue weighted by Crippen LogP contribution is -2.42. The average molecular weight is 452 g/mol. The third-order valence-electron chi connectivity index (χ3n) is 6.81. The molecular formula is C29H29N3O2. The molecule has 1 aromatic heterocycles. The van der Waals surface area contributed by atoms with Crippen LogP contribution in [0.3, 0.4) is 0 Å². The average Bonchev–Trinajstić information content (AvgIpc) is 2.87. The molecule has 4 aromatic rings. The first-order chi connectivity index (χ1) is 16.6. The molecular weight excluding hydrogens is 422 g/mol. The van der Waals surface area contributed by atoms with Crippen molar-refractivity contribution >= 4 is 16.7 Å². The van der Waals surface area contributed by atoms with Crippen molar-refractivity contribution in [1.29, 1.82) is 0 Å². The minimum atomic E-state index is -0.223. The van der Waals surface area contributed by atoms with Gasteiger partial charge in [0.15, 0.2) is 0 Å². The molecule has 1 fully saturated rings. The van der Waals surface area contributed by atoms with Gasteiger partial charge in [-0.05, 0) is 43.7 Å². The maximum Gasteiger partial charge on any atom is 0.275 e. The summed E-state index contributed by atoms with van der Waals surface area (Å²) in [7, 11) is 0. The van der Waals surface area contributed by atoms with Gasteiger partial charge < -0.3 is 4.90 Å². The number of carbonyl (C=O) groups is 1. The second-order valence-electron chi connectivity index (χ2n) is 9.24. The van der Waals surface area contributed by atoms with E-state index in [1.54, 1.807) is 0 Å². The number of benzene rings is 3. The van der Waals surface area contributed by atoms with Gasteiger partial charge in [-0.15, -0.1) is 0 Å². The van der Waals surface area contributed by atoms with E-state index in [1.807, 2.05) is 66.4 Å². The molecule has 5 heteroatoms. The van der Waals surface area contributed by atoms with Crippen LogP contribution in [0, 0.1) is 12.8 Å². The van der Waals surface area contributed by atoms with Gasteiger partial charge in [0.2, 0.25) is 5.91 Å². The van der Waals surface area contributed by atoms with Crippen LogP contribution in [0.25, 0.3) is 22.0 Å². The summed E-state index contributed by atoms with van der Waals surface area (Å²) in [5.41, 5.74) is 3.95. The van der Waals surface area contributed by atoms with Crippen LogP contribution in [0.2, 0.25) is 0 Å². The molecule has 0 N–H and O–H groups in total. The van der Waals surface area contributed by atoms with Crippen LogP contribution in [0.15, 0.2) is 83.7 Å². The minimum Gasteiger partial charge on any atom is -0.341 e. The van der Waals surface area contributed by atoms with E-state index in [4.69, 9.17) is 0 Å².